The summed E-state index contributed by atoms with van der Waals surface area (Å²) in [5, 5.41) is 10.7. The zero-order chi connectivity index (χ0) is 21.5. The van der Waals surface area contributed by atoms with Crippen LogP contribution in [0.3, 0.4) is 0 Å². The van der Waals surface area contributed by atoms with Crippen LogP contribution in [0, 0.1) is 10.1 Å². The van der Waals surface area contributed by atoms with E-state index in [0.29, 0.717) is 17.1 Å². The highest BCUT2D eigenvalue weighted by Gasteiger charge is 2.07. The highest BCUT2D eigenvalue weighted by atomic mass is 79.9. The standard InChI is InChI=1S/C23H18BrNO5/c1-29-20-10-6-18(7-11-20)22(26)12-4-16-5-13-23(21(24)14-16)30-15-17-2-8-19(9-3-17)25(27)28/h2-14H,15H2,1H3/b12-4+. The number of allylic oxidation sites excluding steroid dienone is 1. The molecule has 0 N–H and O–H groups in total. The molecule has 0 saturated heterocycles. The molecule has 6 nitrogen and oxygen atoms in total. The summed E-state index contributed by atoms with van der Waals surface area (Å²) < 4.78 is 11.6. The Kier molecular flexibility index (Phi) is 6.98. The Morgan fingerprint density at radius 1 is 1.07 bits per heavy atom. The van der Waals surface area contributed by atoms with Crippen molar-refractivity contribution in [3.63, 3.8) is 0 Å². The minimum Gasteiger partial charge on any atom is -0.497 e. The van der Waals surface area contributed by atoms with Crippen LogP contribution in [-0.2, 0) is 6.61 Å². The number of ether oxygens (including phenoxy) is 2. The van der Waals surface area contributed by atoms with E-state index in [1.807, 2.05) is 12.1 Å². The third kappa shape index (κ3) is 5.55. The molecule has 152 valence electrons. The highest BCUT2D eigenvalue weighted by molar-refractivity contribution is 9.10. The van der Waals surface area contributed by atoms with Crippen molar-refractivity contribution in [2.75, 3.05) is 7.11 Å². The Bertz CT molecular complexity index is 1080. The van der Waals surface area contributed by atoms with Gasteiger partial charge in [-0.05, 0) is 81.7 Å². The Morgan fingerprint density at radius 3 is 2.37 bits per heavy atom. The molecule has 0 bridgehead atoms. The average molecular weight is 468 g/mol. The van der Waals surface area contributed by atoms with Gasteiger partial charge in [0.1, 0.15) is 18.1 Å². The molecule has 0 aliphatic heterocycles. The van der Waals surface area contributed by atoms with Crippen LogP contribution in [0.5, 0.6) is 11.5 Å². The van der Waals surface area contributed by atoms with Crippen molar-refractivity contribution in [1.29, 1.82) is 0 Å². The first-order valence-corrected chi connectivity index (χ1v) is 9.78. The van der Waals surface area contributed by atoms with Gasteiger partial charge in [0.05, 0.1) is 16.5 Å². The molecule has 0 aromatic heterocycles. The topological polar surface area (TPSA) is 78.7 Å². The van der Waals surface area contributed by atoms with Crippen molar-refractivity contribution in [3.05, 3.63) is 104 Å². The molecule has 0 amide bonds. The van der Waals surface area contributed by atoms with Crippen LogP contribution in [0.15, 0.2) is 77.3 Å². The van der Waals surface area contributed by atoms with E-state index in [-0.39, 0.29) is 18.1 Å². The van der Waals surface area contributed by atoms with E-state index in [1.54, 1.807) is 55.7 Å². The van der Waals surface area contributed by atoms with Crippen LogP contribution < -0.4 is 9.47 Å². The highest BCUT2D eigenvalue weighted by Crippen LogP contribution is 2.27. The summed E-state index contributed by atoms with van der Waals surface area (Å²) in [4.78, 5) is 22.6. The van der Waals surface area contributed by atoms with E-state index >= 15 is 0 Å². The molecular formula is C23H18BrNO5. The number of nitrogens with zero attached hydrogens (tertiary/aromatic N) is 1. The third-order valence-corrected chi connectivity index (χ3v) is 4.92. The van der Waals surface area contributed by atoms with Gasteiger partial charge < -0.3 is 9.47 Å². The molecule has 7 heteroatoms. The molecule has 0 atom stereocenters. The smallest absolute Gasteiger partial charge is 0.269 e. The maximum absolute atomic E-state index is 12.3. The maximum atomic E-state index is 12.3. The third-order valence-electron chi connectivity index (χ3n) is 4.30. The van der Waals surface area contributed by atoms with Crippen LogP contribution >= 0.6 is 15.9 Å². The summed E-state index contributed by atoms with van der Waals surface area (Å²) in [6.07, 6.45) is 3.25. The summed E-state index contributed by atoms with van der Waals surface area (Å²) in [6.45, 7) is 0.279. The lowest BCUT2D eigenvalue weighted by molar-refractivity contribution is -0.384. The van der Waals surface area contributed by atoms with E-state index < -0.39 is 4.92 Å². The number of rotatable bonds is 8. The quantitative estimate of drug-likeness (QED) is 0.180. The Hall–Kier alpha value is -3.45. The number of non-ortho nitro benzene ring substituents is 1. The first-order chi connectivity index (χ1) is 14.5. The fourth-order valence-corrected chi connectivity index (χ4v) is 3.15. The molecule has 0 aliphatic rings. The molecule has 0 radical (unpaired) electrons. The van der Waals surface area contributed by atoms with Gasteiger partial charge in [0.15, 0.2) is 5.78 Å². The predicted molar refractivity (Wildman–Crippen MR) is 118 cm³/mol. The van der Waals surface area contributed by atoms with Crippen molar-refractivity contribution in [1.82, 2.24) is 0 Å². The van der Waals surface area contributed by atoms with E-state index in [9.17, 15) is 14.9 Å². The molecule has 0 heterocycles. The fraction of sp³-hybridized carbons (Fsp3) is 0.0870. The van der Waals surface area contributed by atoms with Gasteiger partial charge >= 0.3 is 0 Å². The van der Waals surface area contributed by atoms with Gasteiger partial charge in [-0.15, -0.1) is 0 Å². The van der Waals surface area contributed by atoms with Gasteiger partial charge in [0.25, 0.3) is 5.69 Å². The first kappa shape index (κ1) is 21.3. The summed E-state index contributed by atoms with van der Waals surface area (Å²) in [5.41, 5.74) is 2.28. The number of ketones is 1. The molecule has 30 heavy (non-hydrogen) atoms. The first-order valence-electron chi connectivity index (χ1n) is 8.98. The lowest BCUT2D eigenvalue weighted by atomic mass is 10.1. The maximum Gasteiger partial charge on any atom is 0.269 e. The molecule has 0 saturated carbocycles. The van der Waals surface area contributed by atoms with Crippen molar-refractivity contribution in [2.24, 2.45) is 0 Å². The monoisotopic (exact) mass is 467 g/mol. The molecular weight excluding hydrogens is 450 g/mol. The number of nitro groups is 1. The number of hydrogen-bond donors (Lipinski definition) is 0. The summed E-state index contributed by atoms with van der Waals surface area (Å²) in [7, 11) is 1.58. The van der Waals surface area contributed by atoms with Crippen LogP contribution in [0.2, 0.25) is 0 Å². The van der Waals surface area contributed by atoms with Crippen molar-refractivity contribution >= 4 is 33.5 Å². The predicted octanol–water partition coefficient (Wildman–Crippen LogP) is 5.84. The largest absolute Gasteiger partial charge is 0.497 e. The molecule has 3 aromatic rings. The summed E-state index contributed by atoms with van der Waals surface area (Å²) in [5.74, 6) is 1.23. The number of hydrogen-bond acceptors (Lipinski definition) is 5. The van der Waals surface area contributed by atoms with Gasteiger partial charge in [-0.3, -0.25) is 14.9 Å². The SMILES string of the molecule is COc1ccc(C(=O)/C=C/c2ccc(OCc3ccc([N+](=O)[O-])cc3)c(Br)c2)cc1. The van der Waals surface area contributed by atoms with Crippen LogP contribution in [0.1, 0.15) is 21.5 Å². The van der Waals surface area contributed by atoms with E-state index in [2.05, 4.69) is 15.9 Å². The summed E-state index contributed by atoms with van der Waals surface area (Å²) in [6, 6.07) is 18.6. The second-order valence-electron chi connectivity index (χ2n) is 6.33. The molecule has 0 spiro atoms. The second-order valence-corrected chi connectivity index (χ2v) is 7.18. The number of benzene rings is 3. The Labute approximate surface area is 182 Å². The van der Waals surface area contributed by atoms with Crippen LogP contribution in [0.4, 0.5) is 5.69 Å². The van der Waals surface area contributed by atoms with Gasteiger partial charge in [0, 0.05) is 17.7 Å². The number of methoxy groups -OCH3 is 1. The van der Waals surface area contributed by atoms with Crippen molar-refractivity contribution in [2.45, 2.75) is 6.61 Å². The van der Waals surface area contributed by atoms with Gasteiger partial charge in [-0.1, -0.05) is 12.1 Å². The van der Waals surface area contributed by atoms with Crippen molar-refractivity contribution < 1.29 is 19.2 Å². The molecule has 0 unspecified atom stereocenters. The number of carbonyl (C=O) groups excluding carboxylic acids is 1. The number of halogens is 1. The van der Waals surface area contributed by atoms with E-state index in [4.69, 9.17) is 9.47 Å². The van der Waals surface area contributed by atoms with E-state index in [1.165, 1.54) is 18.2 Å². The van der Waals surface area contributed by atoms with Crippen molar-refractivity contribution in [3.8, 4) is 11.5 Å². The summed E-state index contributed by atoms with van der Waals surface area (Å²) >= 11 is 3.47. The van der Waals surface area contributed by atoms with Crippen LogP contribution in [0.25, 0.3) is 6.08 Å². The average Bonchev–Trinajstić information content (AvgIpc) is 2.77. The minimum absolute atomic E-state index is 0.0419. The number of carbonyl (C=O) groups is 1. The van der Waals surface area contributed by atoms with Crippen LogP contribution in [-0.4, -0.2) is 17.8 Å². The van der Waals surface area contributed by atoms with Gasteiger partial charge in [0.2, 0.25) is 0 Å². The zero-order valence-electron chi connectivity index (χ0n) is 16.1. The van der Waals surface area contributed by atoms with E-state index in [0.717, 1.165) is 15.6 Å². The Morgan fingerprint density at radius 2 is 1.77 bits per heavy atom. The lowest BCUT2D eigenvalue weighted by Gasteiger charge is -2.09. The molecule has 0 fully saturated rings. The molecule has 0 aliphatic carbocycles. The lowest BCUT2D eigenvalue weighted by Crippen LogP contribution is -1.97. The van der Waals surface area contributed by atoms with Gasteiger partial charge in [-0.25, -0.2) is 0 Å². The fourth-order valence-electron chi connectivity index (χ4n) is 2.64. The zero-order valence-corrected chi connectivity index (χ0v) is 17.7. The second kappa shape index (κ2) is 9.84. The Balaban J connectivity index is 1.62. The normalized spacial score (nSPS) is 10.7. The molecule has 3 rings (SSSR count). The molecule has 3 aromatic carbocycles. The van der Waals surface area contributed by atoms with Gasteiger partial charge in [-0.2, -0.15) is 0 Å². The number of nitro benzene ring substituents is 1. The minimum atomic E-state index is -0.438.